The predicted octanol–water partition coefficient (Wildman–Crippen LogP) is 5.14. The minimum absolute atomic E-state index is 0.147. The van der Waals surface area contributed by atoms with Crippen LogP contribution >= 0.6 is 0 Å². The van der Waals surface area contributed by atoms with Crippen LogP contribution in [-0.2, 0) is 18.3 Å². The molecule has 2 aliphatic rings. The Kier molecular flexibility index (Phi) is 3.80. The van der Waals surface area contributed by atoms with Gasteiger partial charge in [-0.2, -0.15) is 0 Å². The van der Waals surface area contributed by atoms with Crippen LogP contribution in [0.2, 0.25) is 0 Å². The van der Waals surface area contributed by atoms with Gasteiger partial charge >= 0.3 is 0 Å². The molecule has 1 spiro atoms. The van der Waals surface area contributed by atoms with Crippen LogP contribution in [0.15, 0.2) is 60.9 Å². The maximum absolute atomic E-state index is 5.28. The zero-order valence-corrected chi connectivity index (χ0v) is 16.5. The van der Waals surface area contributed by atoms with E-state index in [0.29, 0.717) is 0 Å². The summed E-state index contributed by atoms with van der Waals surface area (Å²) < 4.78 is 2.14. The van der Waals surface area contributed by atoms with Crippen molar-refractivity contribution in [2.45, 2.75) is 50.4 Å². The fourth-order valence-corrected chi connectivity index (χ4v) is 5.54. The second kappa shape index (κ2) is 6.51. The molecule has 2 heterocycles. The van der Waals surface area contributed by atoms with E-state index in [0.717, 1.165) is 30.0 Å². The quantitative estimate of drug-likeness (QED) is 0.484. The van der Waals surface area contributed by atoms with Gasteiger partial charge in [0.2, 0.25) is 0 Å². The van der Waals surface area contributed by atoms with Gasteiger partial charge in [-0.25, -0.2) is 4.98 Å². The summed E-state index contributed by atoms with van der Waals surface area (Å²) in [7, 11) is 0. The summed E-state index contributed by atoms with van der Waals surface area (Å²) in [5.74, 6) is 1.01. The van der Waals surface area contributed by atoms with E-state index < -0.39 is 0 Å². The van der Waals surface area contributed by atoms with Crippen LogP contribution in [0.5, 0.6) is 0 Å². The number of hydrogen-bond donors (Lipinski definition) is 0. The normalized spacial score (nSPS) is 17.2. The van der Waals surface area contributed by atoms with Crippen LogP contribution in [0.4, 0.5) is 0 Å². The third kappa shape index (κ3) is 2.62. The second-order valence-electron chi connectivity index (χ2n) is 8.61. The van der Waals surface area contributed by atoms with E-state index in [2.05, 4.69) is 69.2 Å². The molecule has 1 fully saturated rings. The molecule has 0 unspecified atom stereocenters. The molecule has 2 aromatic carbocycles. The molecular weight excluding hydrogens is 356 g/mol. The molecule has 4 nitrogen and oxygen atoms in total. The van der Waals surface area contributed by atoms with E-state index in [1.54, 1.807) is 0 Å². The molecule has 6 rings (SSSR count). The van der Waals surface area contributed by atoms with Crippen molar-refractivity contribution >= 4 is 5.65 Å². The Morgan fingerprint density at radius 2 is 1.69 bits per heavy atom. The van der Waals surface area contributed by atoms with E-state index in [9.17, 15) is 0 Å². The third-order valence-electron chi connectivity index (χ3n) is 6.87. The number of benzene rings is 2. The van der Waals surface area contributed by atoms with Gasteiger partial charge in [0.1, 0.15) is 12.2 Å². The second-order valence-corrected chi connectivity index (χ2v) is 8.61. The van der Waals surface area contributed by atoms with E-state index in [1.807, 2.05) is 6.33 Å². The van der Waals surface area contributed by atoms with Crippen LogP contribution in [-0.4, -0.2) is 19.6 Å². The topological polar surface area (TPSA) is 43.1 Å². The highest BCUT2D eigenvalue weighted by Gasteiger charge is 2.43. The van der Waals surface area contributed by atoms with Crippen LogP contribution in [0.1, 0.15) is 54.6 Å². The molecule has 0 radical (unpaired) electrons. The largest absolute Gasteiger partial charge is 0.269 e. The van der Waals surface area contributed by atoms with Gasteiger partial charge in [-0.15, -0.1) is 10.2 Å². The van der Waals surface area contributed by atoms with Gasteiger partial charge < -0.3 is 0 Å². The fourth-order valence-electron chi connectivity index (χ4n) is 5.54. The lowest BCUT2D eigenvalue weighted by atomic mass is 9.62. The first-order valence-corrected chi connectivity index (χ1v) is 10.7. The SMILES string of the molecule is c1ccc(Cc2nc3c(c4nncn24)C2(CCCCC2)Cc2ccccc2-3)cc1. The first kappa shape index (κ1) is 16.9. The Morgan fingerprint density at radius 1 is 0.897 bits per heavy atom. The molecule has 1 saturated carbocycles. The Balaban J connectivity index is 1.62. The molecule has 4 aromatic rings. The molecule has 144 valence electrons. The summed E-state index contributed by atoms with van der Waals surface area (Å²) in [5.41, 5.74) is 7.60. The smallest absolute Gasteiger partial charge is 0.168 e. The van der Waals surface area contributed by atoms with Crippen molar-refractivity contribution in [1.29, 1.82) is 0 Å². The average molecular weight is 380 g/mol. The lowest BCUT2D eigenvalue weighted by molar-refractivity contribution is 0.288. The van der Waals surface area contributed by atoms with Crippen LogP contribution < -0.4 is 0 Å². The average Bonchev–Trinajstić information content (AvgIpc) is 3.25. The molecule has 0 N–H and O–H groups in total. The van der Waals surface area contributed by atoms with Crippen molar-refractivity contribution < 1.29 is 0 Å². The Hall–Kier alpha value is -3.01. The van der Waals surface area contributed by atoms with Crippen LogP contribution in [0, 0.1) is 0 Å². The molecular formula is C25H24N4. The summed E-state index contributed by atoms with van der Waals surface area (Å²) in [4.78, 5) is 5.28. The van der Waals surface area contributed by atoms with Gasteiger partial charge in [0.05, 0.1) is 5.69 Å². The number of aromatic nitrogens is 4. The molecule has 2 aliphatic carbocycles. The molecule has 0 aliphatic heterocycles. The summed E-state index contributed by atoms with van der Waals surface area (Å²) in [6.07, 6.45) is 10.1. The van der Waals surface area contributed by atoms with Crippen LogP contribution in [0.3, 0.4) is 0 Å². The number of nitrogens with zero attached hydrogens (tertiary/aromatic N) is 4. The van der Waals surface area contributed by atoms with Crippen molar-refractivity contribution in [1.82, 2.24) is 19.6 Å². The molecule has 0 saturated heterocycles. The van der Waals surface area contributed by atoms with Gasteiger partial charge in [0.15, 0.2) is 5.65 Å². The summed E-state index contributed by atoms with van der Waals surface area (Å²) >= 11 is 0. The number of hydrogen-bond acceptors (Lipinski definition) is 3. The zero-order valence-electron chi connectivity index (χ0n) is 16.5. The van der Waals surface area contributed by atoms with Gasteiger partial charge in [-0.3, -0.25) is 4.40 Å². The molecule has 0 amide bonds. The van der Waals surface area contributed by atoms with Crippen LogP contribution in [0.25, 0.3) is 16.9 Å². The summed E-state index contributed by atoms with van der Waals surface area (Å²) in [5, 5.41) is 8.95. The molecule has 4 heteroatoms. The lowest BCUT2D eigenvalue weighted by Crippen LogP contribution is -2.36. The first-order chi connectivity index (χ1) is 14.3. The molecule has 2 aromatic heterocycles. The number of fused-ring (bicyclic) bond motifs is 6. The Morgan fingerprint density at radius 3 is 2.55 bits per heavy atom. The van der Waals surface area contributed by atoms with Gasteiger partial charge in [-0.05, 0) is 30.4 Å². The van der Waals surface area contributed by atoms with Crippen molar-refractivity contribution in [3.8, 4) is 11.3 Å². The predicted molar refractivity (Wildman–Crippen MR) is 114 cm³/mol. The van der Waals surface area contributed by atoms with Gasteiger partial charge in [0, 0.05) is 23.0 Å². The maximum Gasteiger partial charge on any atom is 0.168 e. The first-order valence-electron chi connectivity index (χ1n) is 10.7. The highest BCUT2D eigenvalue weighted by molar-refractivity contribution is 5.77. The van der Waals surface area contributed by atoms with Gasteiger partial charge in [0.25, 0.3) is 0 Å². The van der Waals surface area contributed by atoms with Crippen molar-refractivity contribution in [3.05, 3.63) is 83.4 Å². The Labute approximate surface area is 170 Å². The minimum Gasteiger partial charge on any atom is -0.269 e. The number of rotatable bonds is 2. The maximum atomic E-state index is 5.28. The highest BCUT2D eigenvalue weighted by Crippen LogP contribution is 2.51. The highest BCUT2D eigenvalue weighted by atomic mass is 15.2. The van der Waals surface area contributed by atoms with E-state index in [1.165, 1.54) is 54.4 Å². The third-order valence-corrected chi connectivity index (χ3v) is 6.87. The fraction of sp³-hybridized carbons (Fsp3) is 0.320. The van der Waals surface area contributed by atoms with E-state index in [-0.39, 0.29) is 5.41 Å². The minimum atomic E-state index is 0.147. The standard InChI is InChI=1S/C25H24N4/c1-3-9-18(10-4-1)15-21-27-23-20-12-6-5-11-19(20)16-25(13-7-2-8-14-25)22(23)24-28-26-17-29(21)24/h1,3-6,9-12,17H,2,7-8,13-16H2. The molecule has 0 atom stereocenters. The summed E-state index contributed by atoms with van der Waals surface area (Å²) in [6, 6.07) is 19.4. The van der Waals surface area contributed by atoms with E-state index in [4.69, 9.17) is 4.98 Å². The summed E-state index contributed by atoms with van der Waals surface area (Å²) in [6.45, 7) is 0. The van der Waals surface area contributed by atoms with E-state index >= 15 is 0 Å². The molecule has 0 bridgehead atoms. The van der Waals surface area contributed by atoms with Crippen molar-refractivity contribution in [2.75, 3.05) is 0 Å². The van der Waals surface area contributed by atoms with Crippen molar-refractivity contribution in [2.24, 2.45) is 0 Å². The molecule has 29 heavy (non-hydrogen) atoms. The monoisotopic (exact) mass is 380 g/mol. The zero-order chi connectivity index (χ0) is 19.3. The van der Waals surface area contributed by atoms with Gasteiger partial charge in [-0.1, -0.05) is 73.9 Å². The lowest BCUT2D eigenvalue weighted by Gasteiger charge is -2.42. The Bertz CT molecular complexity index is 1190. The van der Waals surface area contributed by atoms with Crippen molar-refractivity contribution in [3.63, 3.8) is 0 Å².